The summed E-state index contributed by atoms with van der Waals surface area (Å²) >= 11 is 0. The number of aliphatic hydroxyl groups excluding tert-OH is 1. The molecule has 0 radical (unpaired) electrons. The van der Waals surface area contributed by atoms with E-state index in [1.54, 1.807) is 18.4 Å². The minimum atomic E-state index is -0.730. The molecule has 2 N–H and O–H groups in total. The van der Waals surface area contributed by atoms with Crippen molar-refractivity contribution in [1.29, 1.82) is 0 Å². The van der Waals surface area contributed by atoms with E-state index in [2.05, 4.69) is 5.32 Å². The summed E-state index contributed by atoms with van der Waals surface area (Å²) in [4.78, 5) is 0. The highest BCUT2D eigenvalue weighted by Crippen LogP contribution is 2.15. The van der Waals surface area contributed by atoms with E-state index < -0.39 is 11.9 Å². The molecule has 0 bridgehead atoms. The van der Waals surface area contributed by atoms with Gasteiger partial charge in [0.1, 0.15) is 18.5 Å². The van der Waals surface area contributed by atoms with E-state index >= 15 is 0 Å². The summed E-state index contributed by atoms with van der Waals surface area (Å²) in [5, 5.41) is 12.9. The van der Waals surface area contributed by atoms with Gasteiger partial charge >= 0.3 is 0 Å². The van der Waals surface area contributed by atoms with E-state index in [4.69, 9.17) is 9.15 Å². The Morgan fingerprint density at radius 3 is 2.80 bits per heavy atom. The molecule has 5 heteroatoms. The summed E-state index contributed by atoms with van der Waals surface area (Å²) in [5.41, 5.74) is 0. The maximum atomic E-state index is 13.3. The Morgan fingerprint density at radius 1 is 1.30 bits per heavy atom. The summed E-state index contributed by atoms with van der Waals surface area (Å²) in [6.45, 7) is 2.29. The second-order valence-corrected chi connectivity index (χ2v) is 4.54. The van der Waals surface area contributed by atoms with Crippen LogP contribution in [0.15, 0.2) is 47.1 Å². The number of benzene rings is 1. The van der Waals surface area contributed by atoms with Crippen molar-refractivity contribution in [3.8, 4) is 5.75 Å². The van der Waals surface area contributed by atoms with Gasteiger partial charge < -0.3 is 19.6 Å². The standard InChI is InChI=1S/C15H18FNO3/c1-11(14-7-4-8-19-14)17-9-12(18)10-20-15-6-3-2-5-13(15)16/h2-8,11-12,17-18H,9-10H2,1H3/t11-,12?/m1/s1. The molecule has 0 saturated carbocycles. The quantitative estimate of drug-likeness (QED) is 0.817. The van der Waals surface area contributed by atoms with Crippen LogP contribution in [0.1, 0.15) is 18.7 Å². The Balaban J connectivity index is 1.73. The van der Waals surface area contributed by atoms with Crippen molar-refractivity contribution in [2.45, 2.75) is 19.1 Å². The first-order valence-corrected chi connectivity index (χ1v) is 6.49. The fraction of sp³-hybridized carbons (Fsp3) is 0.333. The molecule has 1 heterocycles. The average molecular weight is 279 g/mol. The molecular formula is C15H18FNO3. The molecule has 2 atom stereocenters. The minimum Gasteiger partial charge on any atom is -0.488 e. The van der Waals surface area contributed by atoms with Gasteiger partial charge in [-0.05, 0) is 31.2 Å². The fourth-order valence-electron chi connectivity index (χ4n) is 1.76. The molecule has 20 heavy (non-hydrogen) atoms. The minimum absolute atomic E-state index is 0.00638. The predicted octanol–water partition coefficient (Wildman–Crippen LogP) is 2.51. The molecule has 0 amide bonds. The maximum Gasteiger partial charge on any atom is 0.165 e. The van der Waals surface area contributed by atoms with Crippen molar-refractivity contribution in [2.24, 2.45) is 0 Å². The summed E-state index contributed by atoms with van der Waals surface area (Å²) in [6.07, 6.45) is 0.873. The van der Waals surface area contributed by atoms with Gasteiger partial charge in [-0.1, -0.05) is 12.1 Å². The predicted molar refractivity (Wildman–Crippen MR) is 73.0 cm³/mol. The second-order valence-electron chi connectivity index (χ2n) is 4.54. The molecule has 2 rings (SSSR count). The second kappa shape index (κ2) is 7.07. The summed E-state index contributed by atoms with van der Waals surface area (Å²) < 4.78 is 23.8. The lowest BCUT2D eigenvalue weighted by atomic mass is 10.2. The van der Waals surface area contributed by atoms with Crippen LogP contribution in [0, 0.1) is 5.82 Å². The number of hydrogen-bond donors (Lipinski definition) is 2. The van der Waals surface area contributed by atoms with Gasteiger partial charge in [0.2, 0.25) is 0 Å². The zero-order valence-corrected chi connectivity index (χ0v) is 11.3. The topological polar surface area (TPSA) is 54.6 Å². The third kappa shape index (κ3) is 4.08. The molecule has 0 aliphatic heterocycles. The Bertz CT molecular complexity index is 516. The number of para-hydroxylation sites is 1. The highest BCUT2D eigenvalue weighted by molar-refractivity contribution is 5.23. The SMILES string of the molecule is C[C@@H](NCC(O)COc1ccccc1F)c1ccco1. The van der Waals surface area contributed by atoms with Crippen LogP contribution >= 0.6 is 0 Å². The van der Waals surface area contributed by atoms with E-state index in [9.17, 15) is 9.50 Å². The number of aliphatic hydroxyl groups is 1. The van der Waals surface area contributed by atoms with Crippen molar-refractivity contribution in [1.82, 2.24) is 5.32 Å². The summed E-state index contributed by atoms with van der Waals surface area (Å²) in [5.74, 6) is 0.509. The van der Waals surface area contributed by atoms with Crippen LogP contribution in [0.3, 0.4) is 0 Å². The lowest BCUT2D eigenvalue weighted by Gasteiger charge is -2.16. The maximum absolute atomic E-state index is 13.3. The number of rotatable bonds is 7. The van der Waals surface area contributed by atoms with E-state index in [1.807, 2.05) is 19.1 Å². The molecule has 1 aromatic heterocycles. The van der Waals surface area contributed by atoms with E-state index in [0.717, 1.165) is 5.76 Å². The lowest BCUT2D eigenvalue weighted by Crippen LogP contribution is -2.33. The highest BCUT2D eigenvalue weighted by atomic mass is 19.1. The summed E-state index contributed by atoms with van der Waals surface area (Å²) in [6, 6.07) is 9.78. The molecular weight excluding hydrogens is 261 g/mol. The van der Waals surface area contributed by atoms with Crippen molar-refractivity contribution in [2.75, 3.05) is 13.2 Å². The monoisotopic (exact) mass is 279 g/mol. The van der Waals surface area contributed by atoms with Gasteiger partial charge in [0.05, 0.1) is 12.3 Å². The van der Waals surface area contributed by atoms with Crippen LogP contribution in [0.5, 0.6) is 5.75 Å². The van der Waals surface area contributed by atoms with Crippen molar-refractivity contribution in [3.05, 3.63) is 54.2 Å². The Labute approximate surface area is 117 Å². The molecule has 0 fully saturated rings. The Morgan fingerprint density at radius 2 is 2.10 bits per heavy atom. The van der Waals surface area contributed by atoms with E-state index in [1.165, 1.54) is 12.1 Å². The Hall–Kier alpha value is -1.85. The first-order chi connectivity index (χ1) is 9.66. The largest absolute Gasteiger partial charge is 0.488 e. The van der Waals surface area contributed by atoms with Gasteiger partial charge in [-0.2, -0.15) is 0 Å². The van der Waals surface area contributed by atoms with Gasteiger partial charge in [0.15, 0.2) is 11.6 Å². The lowest BCUT2D eigenvalue weighted by molar-refractivity contribution is 0.101. The molecule has 4 nitrogen and oxygen atoms in total. The first kappa shape index (κ1) is 14.6. The van der Waals surface area contributed by atoms with Crippen molar-refractivity contribution in [3.63, 3.8) is 0 Å². The molecule has 1 unspecified atom stereocenters. The summed E-state index contributed by atoms with van der Waals surface area (Å²) in [7, 11) is 0. The van der Waals surface area contributed by atoms with Crippen LogP contribution in [0.4, 0.5) is 4.39 Å². The third-order valence-corrected chi connectivity index (χ3v) is 2.90. The molecule has 0 aliphatic rings. The zero-order valence-electron chi connectivity index (χ0n) is 11.3. The average Bonchev–Trinajstić information content (AvgIpc) is 2.98. The van der Waals surface area contributed by atoms with Crippen LogP contribution in [0.2, 0.25) is 0 Å². The molecule has 0 spiro atoms. The third-order valence-electron chi connectivity index (χ3n) is 2.90. The van der Waals surface area contributed by atoms with Crippen LogP contribution < -0.4 is 10.1 Å². The molecule has 0 saturated heterocycles. The van der Waals surface area contributed by atoms with Gasteiger partial charge in [0, 0.05) is 6.54 Å². The van der Waals surface area contributed by atoms with E-state index in [-0.39, 0.29) is 18.4 Å². The van der Waals surface area contributed by atoms with Gasteiger partial charge in [-0.3, -0.25) is 0 Å². The van der Waals surface area contributed by atoms with Gasteiger partial charge in [-0.15, -0.1) is 0 Å². The fourth-order valence-corrected chi connectivity index (χ4v) is 1.76. The smallest absolute Gasteiger partial charge is 0.165 e. The van der Waals surface area contributed by atoms with Gasteiger partial charge in [0.25, 0.3) is 0 Å². The highest BCUT2D eigenvalue weighted by Gasteiger charge is 2.12. The van der Waals surface area contributed by atoms with E-state index in [0.29, 0.717) is 6.54 Å². The Kier molecular flexibility index (Phi) is 5.15. The molecule has 2 aromatic rings. The van der Waals surface area contributed by atoms with Crippen LogP contribution in [-0.4, -0.2) is 24.4 Å². The number of nitrogens with one attached hydrogen (secondary N) is 1. The first-order valence-electron chi connectivity index (χ1n) is 6.49. The van der Waals surface area contributed by atoms with Crippen LogP contribution in [0.25, 0.3) is 0 Å². The van der Waals surface area contributed by atoms with Crippen LogP contribution in [-0.2, 0) is 0 Å². The zero-order chi connectivity index (χ0) is 14.4. The molecule has 0 aliphatic carbocycles. The number of hydrogen-bond acceptors (Lipinski definition) is 4. The van der Waals surface area contributed by atoms with Crippen molar-refractivity contribution >= 4 is 0 Å². The number of ether oxygens (including phenoxy) is 1. The number of furan rings is 1. The number of halogens is 1. The molecule has 108 valence electrons. The van der Waals surface area contributed by atoms with Crippen molar-refractivity contribution < 1.29 is 18.7 Å². The van der Waals surface area contributed by atoms with Gasteiger partial charge in [-0.25, -0.2) is 4.39 Å². The normalized spacial score (nSPS) is 13.9. The molecule has 1 aromatic carbocycles.